The van der Waals surface area contributed by atoms with Crippen LogP contribution in [0.5, 0.6) is 0 Å². The highest BCUT2D eigenvalue weighted by molar-refractivity contribution is 7.92. The van der Waals surface area contributed by atoms with Crippen LogP contribution in [0.2, 0.25) is 0 Å². The summed E-state index contributed by atoms with van der Waals surface area (Å²) in [7, 11) is -3.24. The SMILES string of the molecule is Cn1nc(C(F)F)cc1S(=O)(=O)C(C)(F)N1CCCCC1. The Labute approximate surface area is 121 Å². The second-order valence-corrected chi connectivity index (χ2v) is 7.42. The van der Waals surface area contributed by atoms with Gasteiger partial charge in [-0.3, -0.25) is 9.58 Å². The molecular weight excluding hydrogens is 307 g/mol. The molecule has 1 unspecified atom stereocenters. The first kappa shape index (κ1) is 16.3. The highest BCUT2D eigenvalue weighted by Crippen LogP contribution is 2.33. The largest absolute Gasteiger partial charge is 0.282 e. The van der Waals surface area contributed by atoms with E-state index in [9.17, 15) is 21.6 Å². The number of piperidine rings is 1. The maximum absolute atomic E-state index is 14.9. The lowest BCUT2D eigenvalue weighted by molar-refractivity contribution is 0.0387. The molecule has 1 aromatic rings. The molecular formula is C12H18F3N3O2S. The van der Waals surface area contributed by atoms with Gasteiger partial charge in [-0.15, -0.1) is 0 Å². The van der Waals surface area contributed by atoms with Crippen LogP contribution in [0, 0.1) is 0 Å². The third kappa shape index (κ3) is 2.80. The number of sulfone groups is 1. The van der Waals surface area contributed by atoms with E-state index in [1.807, 2.05) is 0 Å². The Bertz CT molecular complexity index is 607. The van der Waals surface area contributed by atoms with Crippen molar-refractivity contribution in [3.63, 3.8) is 0 Å². The van der Waals surface area contributed by atoms with Gasteiger partial charge < -0.3 is 0 Å². The molecule has 0 aliphatic carbocycles. The molecule has 9 heteroatoms. The Hall–Kier alpha value is -1.09. The molecule has 2 heterocycles. The molecule has 1 fully saturated rings. The topological polar surface area (TPSA) is 55.2 Å². The maximum atomic E-state index is 14.9. The summed E-state index contributed by atoms with van der Waals surface area (Å²) in [5.74, 6) is 0. The molecule has 0 saturated carbocycles. The minimum absolute atomic E-state index is 0.325. The van der Waals surface area contributed by atoms with E-state index in [0.717, 1.165) is 24.1 Å². The van der Waals surface area contributed by atoms with Crippen molar-refractivity contribution >= 4 is 9.84 Å². The summed E-state index contributed by atoms with van der Waals surface area (Å²) < 4.78 is 66.0. The number of halogens is 3. The number of likely N-dealkylation sites (tertiary alicyclic amines) is 1. The van der Waals surface area contributed by atoms with E-state index in [2.05, 4.69) is 5.10 Å². The lowest BCUT2D eigenvalue weighted by Crippen LogP contribution is -2.51. The number of rotatable bonds is 4. The molecule has 0 aromatic carbocycles. The molecule has 1 aliphatic rings. The number of hydrogen-bond acceptors (Lipinski definition) is 4. The van der Waals surface area contributed by atoms with Crippen molar-refractivity contribution in [2.24, 2.45) is 7.05 Å². The van der Waals surface area contributed by atoms with E-state index >= 15 is 0 Å². The van der Waals surface area contributed by atoms with Crippen molar-refractivity contribution in [3.05, 3.63) is 11.8 Å². The second kappa shape index (κ2) is 5.60. The van der Waals surface area contributed by atoms with E-state index in [1.165, 1.54) is 11.9 Å². The number of alkyl halides is 3. The van der Waals surface area contributed by atoms with Gasteiger partial charge in [0.15, 0.2) is 5.03 Å². The molecule has 2 rings (SSSR count). The van der Waals surface area contributed by atoms with Crippen molar-refractivity contribution in [3.8, 4) is 0 Å². The summed E-state index contributed by atoms with van der Waals surface area (Å²) in [5.41, 5.74) is -0.675. The number of aromatic nitrogens is 2. The van der Waals surface area contributed by atoms with Crippen molar-refractivity contribution in [1.82, 2.24) is 14.7 Å². The Kier molecular flexibility index (Phi) is 4.34. The van der Waals surface area contributed by atoms with Crippen LogP contribution in [0.25, 0.3) is 0 Å². The average Bonchev–Trinajstić information content (AvgIpc) is 2.82. The van der Waals surface area contributed by atoms with E-state index in [0.29, 0.717) is 25.9 Å². The highest BCUT2D eigenvalue weighted by Gasteiger charge is 2.48. The Morgan fingerprint density at radius 1 is 1.29 bits per heavy atom. The average molecular weight is 325 g/mol. The Morgan fingerprint density at radius 2 is 1.86 bits per heavy atom. The summed E-state index contributed by atoms with van der Waals surface area (Å²) in [5, 5.41) is 0.265. The second-order valence-electron chi connectivity index (χ2n) is 5.25. The lowest BCUT2D eigenvalue weighted by Gasteiger charge is -2.36. The fourth-order valence-electron chi connectivity index (χ4n) is 2.48. The molecule has 0 amide bonds. The zero-order valence-corrected chi connectivity index (χ0v) is 12.7. The molecule has 0 radical (unpaired) electrons. The van der Waals surface area contributed by atoms with Crippen LogP contribution in [0.4, 0.5) is 13.2 Å². The molecule has 120 valence electrons. The van der Waals surface area contributed by atoms with Crippen molar-refractivity contribution < 1.29 is 21.6 Å². The Morgan fingerprint density at radius 3 is 2.33 bits per heavy atom. The molecule has 1 atom stereocenters. The zero-order valence-electron chi connectivity index (χ0n) is 11.9. The quantitative estimate of drug-likeness (QED) is 0.797. The van der Waals surface area contributed by atoms with E-state index < -0.39 is 32.1 Å². The molecule has 5 nitrogen and oxygen atoms in total. The minimum Gasteiger partial charge on any atom is -0.258 e. The maximum Gasteiger partial charge on any atom is 0.282 e. The van der Waals surface area contributed by atoms with Gasteiger partial charge in [-0.05, 0) is 19.8 Å². The van der Waals surface area contributed by atoms with Crippen LogP contribution in [0.1, 0.15) is 38.3 Å². The van der Waals surface area contributed by atoms with E-state index in [1.54, 1.807) is 0 Å². The van der Waals surface area contributed by atoms with E-state index in [-0.39, 0.29) is 0 Å². The monoisotopic (exact) mass is 325 g/mol. The first-order valence-electron chi connectivity index (χ1n) is 6.68. The van der Waals surface area contributed by atoms with Crippen LogP contribution in [-0.2, 0) is 16.9 Å². The number of hydrogen-bond donors (Lipinski definition) is 0. The van der Waals surface area contributed by atoms with Crippen molar-refractivity contribution in [2.75, 3.05) is 13.1 Å². The van der Waals surface area contributed by atoms with Crippen LogP contribution < -0.4 is 0 Å². The fourth-order valence-corrected chi connectivity index (χ4v) is 4.05. The smallest absolute Gasteiger partial charge is 0.258 e. The van der Waals surface area contributed by atoms with Gasteiger partial charge in [0.25, 0.3) is 11.6 Å². The van der Waals surface area contributed by atoms with Crippen LogP contribution in [0.15, 0.2) is 11.1 Å². The first-order chi connectivity index (χ1) is 9.68. The van der Waals surface area contributed by atoms with Gasteiger partial charge in [0, 0.05) is 26.2 Å². The summed E-state index contributed by atoms with van der Waals surface area (Å²) in [6.07, 6.45) is -0.555. The zero-order chi connectivity index (χ0) is 15.8. The molecule has 0 bridgehead atoms. The Balaban J connectivity index is 2.40. The van der Waals surface area contributed by atoms with Gasteiger partial charge in [-0.2, -0.15) is 5.10 Å². The summed E-state index contributed by atoms with van der Waals surface area (Å²) in [6, 6.07) is 0.738. The van der Waals surface area contributed by atoms with Gasteiger partial charge in [-0.25, -0.2) is 21.6 Å². The third-order valence-corrected chi connectivity index (χ3v) is 5.94. The van der Waals surface area contributed by atoms with Crippen LogP contribution in [0.3, 0.4) is 0 Å². The van der Waals surface area contributed by atoms with Crippen molar-refractivity contribution in [2.45, 2.75) is 42.8 Å². The number of aryl methyl sites for hydroxylation is 1. The van der Waals surface area contributed by atoms with E-state index in [4.69, 9.17) is 0 Å². The lowest BCUT2D eigenvalue weighted by atomic mass is 10.1. The summed E-state index contributed by atoms with van der Waals surface area (Å²) in [4.78, 5) is 1.24. The summed E-state index contributed by atoms with van der Waals surface area (Å²) >= 11 is 0. The van der Waals surface area contributed by atoms with Gasteiger partial charge in [0.2, 0.25) is 9.84 Å². The predicted octanol–water partition coefficient (Wildman–Crippen LogP) is 2.26. The predicted molar refractivity (Wildman–Crippen MR) is 70.3 cm³/mol. The first-order valence-corrected chi connectivity index (χ1v) is 8.17. The molecule has 1 saturated heterocycles. The van der Waals surface area contributed by atoms with Crippen LogP contribution in [-0.4, -0.2) is 41.3 Å². The molecule has 1 aromatic heterocycles. The summed E-state index contributed by atoms with van der Waals surface area (Å²) in [6.45, 7) is 1.61. The van der Waals surface area contributed by atoms with Gasteiger partial charge in [0.05, 0.1) is 0 Å². The molecule has 21 heavy (non-hydrogen) atoms. The fraction of sp³-hybridized carbons (Fsp3) is 0.750. The molecule has 0 spiro atoms. The normalized spacial score (nSPS) is 20.7. The molecule has 0 N–H and O–H groups in total. The van der Waals surface area contributed by atoms with Crippen LogP contribution >= 0.6 is 0 Å². The minimum atomic E-state index is -4.46. The van der Waals surface area contributed by atoms with Gasteiger partial charge >= 0.3 is 0 Å². The molecule has 1 aliphatic heterocycles. The standard InChI is InChI=1S/C12H18F3N3O2S/c1-12(15,18-6-4-3-5-7-18)21(19,20)10-8-9(11(13)14)16-17(10)2/h8,11H,3-7H2,1-2H3. The van der Waals surface area contributed by atoms with Gasteiger partial charge in [0.1, 0.15) is 5.69 Å². The van der Waals surface area contributed by atoms with Gasteiger partial charge in [-0.1, -0.05) is 6.42 Å². The van der Waals surface area contributed by atoms with Crippen molar-refractivity contribution in [1.29, 1.82) is 0 Å². The number of nitrogens with zero attached hydrogens (tertiary/aromatic N) is 3. The third-order valence-electron chi connectivity index (χ3n) is 3.77. The highest BCUT2D eigenvalue weighted by atomic mass is 32.2.